The summed E-state index contributed by atoms with van der Waals surface area (Å²) in [5.41, 5.74) is 3.10. The fourth-order valence-corrected chi connectivity index (χ4v) is 3.68. The number of hydrogen-bond donors (Lipinski definition) is 1. The highest BCUT2D eigenvalue weighted by molar-refractivity contribution is 5.67. The van der Waals surface area contributed by atoms with Crippen molar-refractivity contribution in [1.29, 1.82) is 0 Å². The topological polar surface area (TPSA) is 98.6 Å². The summed E-state index contributed by atoms with van der Waals surface area (Å²) in [6.45, 7) is 0. The molecule has 4 aromatic heterocycles. The molecule has 0 aliphatic carbocycles. The van der Waals surface area contributed by atoms with Gasteiger partial charge in [-0.1, -0.05) is 6.07 Å². The molecule has 0 saturated carbocycles. The maximum atomic E-state index is 9.90. The molecule has 0 saturated heterocycles. The monoisotopic (exact) mass is 383 g/mol. The van der Waals surface area contributed by atoms with Gasteiger partial charge in [0.25, 0.3) is 0 Å². The summed E-state index contributed by atoms with van der Waals surface area (Å²) >= 11 is 0. The van der Waals surface area contributed by atoms with E-state index in [1.807, 2.05) is 30.3 Å². The highest BCUT2D eigenvalue weighted by Crippen LogP contribution is 2.48. The molecule has 1 N–H and O–H groups in total. The number of nitrogens with zero attached hydrogens (tertiary/aromatic N) is 5. The molecule has 0 amide bonds. The normalized spacial score (nSPS) is 15.0. The molecule has 29 heavy (non-hydrogen) atoms. The number of phenolic OH excluding ortho intramolecular Hbond substituents is 1. The molecule has 5 heterocycles. The van der Waals surface area contributed by atoms with Crippen molar-refractivity contribution in [2.24, 2.45) is 0 Å². The van der Waals surface area contributed by atoms with E-state index in [9.17, 15) is 5.11 Å². The van der Waals surface area contributed by atoms with Gasteiger partial charge >= 0.3 is 0 Å². The molecule has 0 unspecified atom stereocenters. The average Bonchev–Trinajstić information content (AvgIpc) is 3.42. The maximum Gasteiger partial charge on any atom is 0.228 e. The zero-order valence-electron chi connectivity index (χ0n) is 14.9. The van der Waals surface area contributed by atoms with Crippen LogP contribution >= 0.6 is 0 Å². The number of aromatic hydroxyl groups is 1. The highest BCUT2D eigenvalue weighted by atomic mass is 16.5. The average molecular weight is 383 g/mol. The van der Waals surface area contributed by atoms with Crippen LogP contribution in [0.4, 0.5) is 0 Å². The molecule has 8 heteroatoms. The number of hydrogen-bond acceptors (Lipinski definition) is 7. The van der Waals surface area contributed by atoms with Crippen LogP contribution in [0.15, 0.2) is 71.9 Å². The second kappa shape index (κ2) is 5.90. The van der Waals surface area contributed by atoms with E-state index >= 15 is 0 Å². The van der Waals surface area contributed by atoms with Crippen molar-refractivity contribution in [2.45, 2.75) is 5.92 Å². The van der Waals surface area contributed by atoms with Gasteiger partial charge in [-0.3, -0.25) is 4.98 Å². The molecule has 8 nitrogen and oxygen atoms in total. The Labute approximate surface area is 164 Å². The number of fused-ring (bicyclic) bond motifs is 4. The lowest BCUT2D eigenvalue weighted by Gasteiger charge is -2.26. The lowest BCUT2D eigenvalue weighted by atomic mass is 9.87. The van der Waals surface area contributed by atoms with Crippen molar-refractivity contribution >= 4 is 5.65 Å². The van der Waals surface area contributed by atoms with Crippen LogP contribution in [-0.2, 0) is 0 Å². The first-order valence-electron chi connectivity index (χ1n) is 8.98. The van der Waals surface area contributed by atoms with Crippen LogP contribution in [0.25, 0.3) is 17.0 Å². The largest absolute Gasteiger partial charge is 0.508 e. The number of furan rings is 1. The van der Waals surface area contributed by atoms with Gasteiger partial charge in [-0.05, 0) is 30.3 Å². The second-order valence-corrected chi connectivity index (χ2v) is 6.68. The van der Waals surface area contributed by atoms with Crippen molar-refractivity contribution in [3.8, 4) is 28.8 Å². The zero-order valence-corrected chi connectivity index (χ0v) is 14.9. The van der Waals surface area contributed by atoms with E-state index in [0.717, 1.165) is 22.5 Å². The quantitative estimate of drug-likeness (QED) is 0.486. The van der Waals surface area contributed by atoms with Gasteiger partial charge in [-0.25, -0.2) is 14.5 Å². The van der Waals surface area contributed by atoms with E-state index < -0.39 is 0 Å². The van der Waals surface area contributed by atoms with E-state index in [-0.39, 0.29) is 11.7 Å². The molecule has 0 radical (unpaired) electrons. The molecule has 1 atom stereocenters. The summed E-state index contributed by atoms with van der Waals surface area (Å²) < 4.78 is 13.4. The van der Waals surface area contributed by atoms with Gasteiger partial charge < -0.3 is 14.3 Å². The number of ether oxygens (including phenoxy) is 1. The lowest BCUT2D eigenvalue weighted by molar-refractivity contribution is 0.409. The molecule has 6 rings (SSSR count). The fraction of sp³-hybridized carbons (Fsp3) is 0.0476. The van der Waals surface area contributed by atoms with Gasteiger partial charge in [-0.15, -0.1) is 5.10 Å². The molecule has 0 fully saturated rings. The second-order valence-electron chi connectivity index (χ2n) is 6.68. The van der Waals surface area contributed by atoms with E-state index in [0.29, 0.717) is 23.1 Å². The maximum absolute atomic E-state index is 9.90. The van der Waals surface area contributed by atoms with Crippen LogP contribution in [0.3, 0.4) is 0 Å². The summed E-state index contributed by atoms with van der Waals surface area (Å²) in [4.78, 5) is 13.3. The molecule has 140 valence electrons. The van der Waals surface area contributed by atoms with Crippen LogP contribution in [0.1, 0.15) is 22.8 Å². The molecule has 1 aromatic carbocycles. The van der Waals surface area contributed by atoms with Gasteiger partial charge in [0.1, 0.15) is 23.6 Å². The SMILES string of the molecule is Oc1ccc2c(c1)Oc1ncn3nc(-c4ccncc4)nc3c1[C@@H]2c1ccco1. The summed E-state index contributed by atoms with van der Waals surface area (Å²) in [6, 6.07) is 12.5. The van der Waals surface area contributed by atoms with Crippen LogP contribution in [0.5, 0.6) is 17.4 Å². The van der Waals surface area contributed by atoms with Crippen LogP contribution < -0.4 is 4.74 Å². The van der Waals surface area contributed by atoms with Crippen molar-refractivity contribution in [1.82, 2.24) is 24.6 Å². The third-order valence-electron chi connectivity index (χ3n) is 4.96. The zero-order chi connectivity index (χ0) is 19.4. The third-order valence-corrected chi connectivity index (χ3v) is 4.96. The smallest absolute Gasteiger partial charge is 0.228 e. The number of rotatable bonds is 2. The molecular formula is C21H13N5O3. The van der Waals surface area contributed by atoms with Crippen LogP contribution in [0, 0.1) is 0 Å². The molecule has 1 aliphatic rings. The number of pyridine rings is 1. The predicted octanol–water partition coefficient (Wildman–Crippen LogP) is 3.77. The van der Waals surface area contributed by atoms with Gasteiger partial charge in [0.05, 0.1) is 17.7 Å². The Morgan fingerprint density at radius 3 is 2.79 bits per heavy atom. The highest BCUT2D eigenvalue weighted by Gasteiger charge is 2.35. The van der Waals surface area contributed by atoms with Gasteiger partial charge in [0.15, 0.2) is 11.5 Å². The number of aromatic nitrogens is 5. The molecule has 1 aliphatic heterocycles. The van der Waals surface area contributed by atoms with Gasteiger partial charge in [0.2, 0.25) is 5.88 Å². The van der Waals surface area contributed by atoms with E-state index in [1.54, 1.807) is 41.6 Å². The Bertz CT molecular complexity index is 1350. The van der Waals surface area contributed by atoms with Crippen molar-refractivity contribution < 1.29 is 14.3 Å². The van der Waals surface area contributed by atoms with Crippen LogP contribution in [-0.4, -0.2) is 29.7 Å². The number of benzene rings is 1. The summed E-state index contributed by atoms with van der Waals surface area (Å²) in [6.07, 6.45) is 6.60. The molecule has 5 aromatic rings. The Hall–Kier alpha value is -4.20. The van der Waals surface area contributed by atoms with Gasteiger partial charge in [-0.2, -0.15) is 0 Å². The summed E-state index contributed by atoms with van der Waals surface area (Å²) in [5.74, 6) is 2.06. The van der Waals surface area contributed by atoms with E-state index in [1.165, 1.54) is 0 Å². The minimum Gasteiger partial charge on any atom is -0.508 e. The van der Waals surface area contributed by atoms with Gasteiger partial charge in [0, 0.05) is 29.6 Å². The first-order chi connectivity index (χ1) is 14.3. The first-order valence-corrected chi connectivity index (χ1v) is 8.98. The van der Waals surface area contributed by atoms with E-state index in [2.05, 4.69) is 15.1 Å². The lowest BCUT2D eigenvalue weighted by Crippen LogP contribution is -2.14. The Morgan fingerprint density at radius 1 is 1.07 bits per heavy atom. The van der Waals surface area contributed by atoms with Crippen molar-refractivity contribution in [2.75, 3.05) is 0 Å². The van der Waals surface area contributed by atoms with Crippen LogP contribution in [0.2, 0.25) is 0 Å². The fourth-order valence-electron chi connectivity index (χ4n) is 3.68. The standard InChI is InChI=1S/C21H13N5O3/c27-13-3-4-14-16(10-13)29-21-18(17(14)15-2-1-9-28-15)20-24-19(25-26(20)11-23-21)12-5-7-22-8-6-12/h1-11,17,27H/t17-/m0/s1. The molecule has 0 spiro atoms. The summed E-state index contributed by atoms with van der Waals surface area (Å²) in [5, 5.41) is 14.5. The van der Waals surface area contributed by atoms with Crippen molar-refractivity contribution in [3.63, 3.8) is 0 Å². The minimum absolute atomic E-state index is 0.119. The van der Waals surface area contributed by atoms with Crippen molar-refractivity contribution in [3.05, 3.63) is 84.3 Å². The predicted molar refractivity (Wildman–Crippen MR) is 102 cm³/mol. The third kappa shape index (κ3) is 2.39. The minimum atomic E-state index is -0.296. The molecular weight excluding hydrogens is 370 g/mol. The van der Waals surface area contributed by atoms with E-state index in [4.69, 9.17) is 14.1 Å². The first kappa shape index (κ1) is 15.8. The molecule has 0 bridgehead atoms. The Balaban J connectivity index is 1.63. The number of phenols is 1. The Kier molecular flexibility index (Phi) is 3.22. The summed E-state index contributed by atoms with van der Waals surface area (Å²) in [7, 11) is 0. The Morgan fingerprint density at radius 2 is 1.97 bits per heavy atom.